The number of methoxy groups -OCH3 is 1. The third kappa shape index (κ3) is 5.38. The minimum absolute atomic E-state index is 0.166. The summed E-state index contributed by atoms with van der Waals surface area (Å²) in [7, 11) is 1.55. The van der Waals surface area contributed by atoms with Crippen LogP contribution in [0.1, 0.15) is 36.7 Å². The molecule has 1 saturated heterocycles. The van der Waals surface area contributed by atoms with Crippen molar-refractivity contribution in [2.45, 2.75) is 27.7 Å². The van der Waals surface area contributed by atoms with E-state index in [1.165, 1.54) is 0 Å². The minimum Gasteiger partial charge on any atom is -0.496 e. The van der Waals surface area contributed by atoms with E-state index in [9.17, 15) is 9.59 Å². The monoisotopic (exact) mass is 521 g/mol. The highest BCUT2D eigenvalue weighted by Gasteiger charge is 2.30. The van der Waals surface area contributed by atoms with Crippen molar-refractivity contribution in [2.75, 3.05) is 43.5 Å². The van der Waals surface area contributed by atoms with E-state index in [4.69, 9.17) is 16.3 Å². The molecule has 0 bridgehead atoms. The number of nitrogens with one attached hydrogen (secondary N) is 1. The maximum atomic E-state index is 12.9. The fourth-order valence-electron chi connectivity index (χ4n) is 3.83. The average molecular weight is 523 g/mol. The fraction of sp³-hybridized carbons (Fsp3) is 0.417. The van der Waals surface area contributed by atoms with Gasteiger partial charge in [0.05, 0.1) is 23.4 Å². The normalized spacial score (nSPS) is 14.3. The molecule has 172 valence electrons. The Morgan fingerprint density at radius 1 is 1.09 bits per heavy atom. The van der Waals surface area contributed by atoms with Gasteiger partial charge in [-0.15, -0.1) is 0 Å². The molecule has 0 atom stereocenters. The van der Waals surface area contributed by atoms with Crippen LogP contribution in [0.25, 0.3) is 0 Å². The Kier molecular flexibility index (Phi) is 7.40. The smallest absolute Gasteiger partial charge is 0.259 e. The molecule has 0 saturated carbocycles. The molecule has 2 aromatic rings. The Morgan fingerprint density at radius 2 is 1.75 bits per heavy atom. The second-order valence-corrected chi connectivity index (χ2v) is 10.3. The topological polar surface area (TPSA) is 61.9 Å². The predicted molar refractivity (Wildman–Crippen MR) is 133 cm³/mol. The quantitative estimate of drug-likeness (QED) is 0.587. The molecule has 1 N–H and O–H groups in total. The molecule has 0 unspecified atom stereocenters. The van der Waals surface area contributed by atoms with Crippen molar-refractivity contribution in [3.8, 4) is 5.75 Å². The molecule has 3 rings (SSSR count). The molecule has 1 aliphatic heterocycles. The molecule has 0 radical (unpaired) electrons. The Morgan fingerprint density at radius 3 is 2.31 bits per heavy atom. The molecular formula is C24H29BrClN3O3. The SMILES string of the molecule is COc1c(C)cc(Br)cc1C(=O)Nc1ccc(N2CCN(C(=O)C(C)(C)C)CC2)c(Cl)c1. The lowest BCUT2D eigenvalue weighted by molar-refractivity contribution is -0.139. The first-order valence-corrected chi connectivity index (χ1v) is 11.7. The number of piperazine rings is 1. The van der Waals surface area contributed by atoms with E-state index in [0.29, 0.717) is 48.2 Å². The van der Waals surface area contributed by atoms with Gasteiger partial charge >= 0.3 is 0 Å². The molecule has 1 aliphatic rings. The predicted octanol–water partition coefficient (Wildman–Crippen LogP) is 5.37. The summed E-state index contributed by atoms with van der Waals surface area (Å²) >= 11 is 10.00. The van der Waals surface area contributed by atoms with Gasteiger partial charge in [0, 0.05) is 41.8 Å². The first-order valence-electron chi connectivity index (χ1n) is 10.5. The molecule has 1 heterocycles. The summed E-state index contributed by atoms with van der Waals surface area (Å²) in [6.45, 7) is 10.5. The van der Waals surface area contributed by atoms with E-state index in [1.807, 2.05) is 50.8 Å². The van der Waals surface area contributed by atoms with Crippen LogP contribution in [0.3, 0.4) is 0 Å². The van der Waals surface area contributed by atoms with Gasteiger partial charge in [-0.25, -0.2) is 0 Å². The van der Waals surface area contributed by atoms with E-state index in [-0.39, 0.29) is 17.2 Å². The van der Waals surface area contributed by atoms with Crippen LogP contribution in [0.5, 0.6) is 5.75 Å². The second-order valence-electron chi connectivity index (χ2n) is 8.95. The molecule has 2 aromatic carbocycles. The van der Waals surface area contributed by atoms with Gasteiger partial charge in [0.25, 0.3) is 5.91 Å². The standard InChI is InChI=1S/C24H29BrClN3O3/c1-15-12-16(25)13-18(21(15)32-5)22(30)27-17-6-7-20(19(26)14-17)28-8-10-29(11-9-28)23(31)24(2,3)4/h6-7,12-14H,8-11H2,1-5H3,(H,27,30). The van der Waals surface area contributed by atoms with Crippen molar-refractivity contribution in [3.05, 3.63) is 51.0 Å². The summed E-state index contributed by atoms with van der Waals surface area (Å²) in [6.07, 6.45) is 0. The van der Waals surface area contributed by atoms with Crippen LogP contribution in [-0.2, 0) is 4.79 Å². The summed E-state index contributed by atoms with van der Waals surface area (Å²) < 4.78 is 6.22. The highest BCUT2D eigenvalue weighted by molar-refractivity contribution is 9.10. The largest absolute Gasteiger partial charge is 0.496 e. The van der Waals surface area contributed by atoms with E-state index in [0.717, 1.165) is 15.7 Å². The zero-order chi connectivity index (χ0) is 23.6. The first kappa shape index (κ1) is 24.4. The lowest BCUT2D eigenvalue weighted by Gasteiger charge is -2.39. The van der Waals surface area contributed by atoms with Crippen LogP contribution in [0.15, 0.2) is 34.8 Å². The van der Waals surface area contributed by atoms with Crippen LogP contribution < -0.4 is 15.0 Å². The third-order valence-electron chi connectivity index (χ3n) is 5.44. The number of amides is 2. The molecule has 0 aromatic heterocycles. The van der Waals surface area contributed by atoms with E-state index < -0.39 is 0 Å². The van der Waals surface area contributed by atoms with Crippen LogP contribution in [-0.4, -0.2) is 50.0 Å². The van der Waals surface area contributed by atoms with Crippen molar-refractivity contribution < 1.29 is 14.3 Å². The number of hydrogen-bond acceptors (Lipinski definition) is 4. The Balaban J connectivity index is 1.70. The second kappa shape index (κ2) is 9.71. The molecule has 32 heavy (non-hydrogen) atoms. The van der Waals surface area contributed by atoms with Crippen LogP contribution in [0, 0.1) is 12.3 Å². The summed E-state index contributed by atoms with van der Waals surface area (Å²) in [6, 6.07) is 9.12. The van der Waals surface area contributed by atoms with Crippen LogP contribution >= 0.6 is 27.5 Å². The van der Waals surface area contributed by atoms with Crippen molar-refractivity contribution in [3.63, 3.8) is 0 Å². The third-order valence-corrected chi connectivity index (χ3v) is 6.20. The van der Waals surface area contributed by atoms with Crippen molar-refractivity contribution in [1.29, 1.82) is 0 Å². The first-order chi connectivity index (χ1) is 15.0. The van der Waals surface area contributed by atoms with Gasteiger partial charge in [-0.05, 0) is 42.8 Å². The molecule has 1 fully saturated rings. The van der Waals surface area contributed by atoms with E-state index in [2.05, 4.69) is 26.1 Å². The lowest BCUT2D eigenvalue weighted by Crippen LogP contribution is -2.51. The van der Waals surface area contributed by atoms with Gasteiger partial charge in [-0.3, -0.25) is 9.59 Å². The van der Waals surface area contributed by atoms with Crippen molar-refractivity contribution in [2.24, 2.45) is 5.41 Å². The van der Waals surface area contributed by atoms with Gasteiger partial charge < -0.3 is 19.9 Å². The maximum Gasteiger partial charge on any atom is 0.259 e. The number of halogens is 2. The molecule has 0 aliphatic carbocycles. The molecule has 8 heteroatoms. The number of anilines is 2. The number of aryl methyl sites for hydroxylation is 1. The zero-order valence-electron chi connectivity index (χ0n) is 19.1. The average Bonchev–Trinajstić information content (AvgIpc) is 2.72. The summed E-state index contributed by atoms with van der Waals surface area (Å²) in [5.41, 5.74) is 2.42. The zero-order valence-corrected chi connectivity index (χ0v) is 21.4. The fourth-order valence-corrected chi connectivity index (χ4v) is 4.71. The molecule has 2 amide bonds. The van der Waals surface area contributed by atoms with Gasteiger partial charge in [-0.1, -0.05) is 48.3 Å². The minimum atomic E-state index is -0.380. The summed E-state index contributed by atoms with van der Waals surface area (Å²) in [5.74, 6) is 0.431. The number of carbonyl (C=O) groups is 2. The maximum absolute atomic E-state index is 12.9. The molecular weight excluding hydrogens is 494 g/mol. The Labute approximate surface area is 203 Å². The summed E-state index contributed by atoms with van der Waals surface area (Å²) in [4.78, 5) is 29.5. The van der Waals surface area contributed by atoms with Gasteiger partial charge in [-0.2, -0.15) is 0 Å². The van der Waals surface area contributed by atoms with Crippen LogP contribution in [0.2, 0.25) is 5.02 Å². The van der Waals surface area contributed by atoms with Crippen LogP contribution in [0.4, 0.5) is 11.4 Å². The highest BCUT2D eigenvalue weighted by Crippen LogP contribution is 2.32. The summed E-state index contributed by atoms with van der Waals surface area (Å²) in [5, 5.41) is 3.45. The van der Waals surface area contributed by atoms with Crippen molar-refractivity contribution in [1.82, 2.24) is 4.90 Å². The number of hydrogen-bond donors (Lipinski definition) is 1. The number of nitrogens with zero attached hydrogens (tertiary/aromatic N) is 2. The Hall–Kier alpha value is -2.25. The number of carbonyl (C=O) groups excluding carboxylic acids is 2. The molecule has 0 spiro atoms. The molecule has 6 nitrogen and oxygen atoms in total. The number of ether oxygens (including phenoxy) is 1. The Bertz CT molecular complexity index is 1030. The number of rotatable bonds is 4. The number of benzene rings is 2. The van der Waals surface area contributed by atoms with Gasteiger partial charge in [0.1, 0.15) is 5.75 Å². The van der Waals surface area contributed by atoms with E-state index >= 15 is 0 Å². The van der Waals surface area contributed by atoms with E-state index in [1.54, 1.807) is 19.2 Å². The lowest BCUT2D eigenvalue weighted by atomic mass is 9.94. The van der Waals surface area contributed by atoms with Crippen molar-refractivity contribution >= 4 is 50.7 Å². The van der Waals surface area contributed by atoms with Gasteiger partial charge in [0.2, 0.25) is 5.91 Å². The van der Waals surface area contributed by atoms with Gasteiger partial charge in [0.15, 0.2) is 0 Å². The highest BCUT2D eigenvalue weighted by atomic mass is 79.9.